The number of pyridine rings is 2. The van der Waals surface area contributed by atoms with Crippen LogP contribution in [0.4, 0.5) is 19.0 Å². The van der Waals surface area contributed by atoms with E-state index in [9.17, 15) is 23.1 Å². The number of aliphatic hydroxyl groups is 1. The van der Waals surface area contributed by atoms with Gasteiger partial charge in [-0.05, 0) is 38.1 Å². The fraction of sp³-hybridized carbons (Fsp3) is 0.278. The first-order valence-electron chi connectivity index (χ1n) is 8.18. The van der Waals surface area contributed by atoms with Gasteiger partial charge in [0.15, 0.2) is 5.82 Å². The highest BCUT2D eigenvalue weighted by Crippen LogP contribution is 2.36. The molecule has 148 valence electrons. The third-order valence-electron chi connectivity index (χ3n) is 3.83. The van der Waals surface area contributed by atoms with E-state index < -0.39 is 23.2 Å². The molecule has 0 unspecified atom stereocenters. The molecule has 0 fully saturated rings. The SMILES string of the molecule is CC(C)(O)CC(=O)Nc1nn2ccc(C(F)(F)F)cc2c1-c1ccc(Cl)nc1. The summed E-state index contributed by atoms with van der Waals surface area (Å²) in [6.07, 6.45) is -2.21. The van der Waals surface area contributed by atoms with Crippen molar-refractivity contribution in [1.82, 2.24) is 14.6 Å². The minimum absolute atomic E-state index is 0.0534. The highest BCUT2D eigenvalue weighted by molar-refractivity contribution is 6.29. The highest BCUT2D eigenvalue weighted by Gasteiger charge is 2.31. The van der Waals surface area contributed by atoms with Crippen molar-refractivity contribution in [2.75, 3.05) is 5.32 Å². The van der Waals surface area contributed by atoms with Crippen LogP contribution in [0.1, 0.15) is 25.8 Å². The number of amides is 1. The normalized spacial score (nSPS) is 12.4. The maximum atomic E-state index is 13.1. The molecule has 0 aromatic carbocycles. The second kappa shape index (κ2) is 7.06. The number of carbonyl (C=O) groups excluding carboxylic acids is 1. The van der Waals surface area contributed by atoms with Crippen LogP contribution < -0.4 is 5.32 Å². The number of aromatic nitrogens is 3. The third-order valence-corrected chi connectivity index (χ3v) is 4.05. The van der Waals surface area contributed by atoms with Crippen molar-refractivity contribution >= 4 is 28.8 Å². The number of halogens is 4. The van der Waals surface area contributed by atoms with Crippen molar-refractivity contribution in [2.45, 2.75) is 32.0 Å². The summed E-state index contributed by atoms with van der Waals surface area (Å²) in [5.74, 6) is -0.479. The van der Waals surface area contributed by atoms with Crippen LogP contribution in [-0.2, 0) is 11.0 Å². The van der Waals surface area contributed by atoms with E-state index in [2.05, 4.69) is 15.4 Å². The van der Waals surface area contributed by atoms with E-state index in [0.717, 1.165) is 18.3 Å². The van der Waals surface area contributed by atoms with Gasteiger partial charge in [-0.2, -0.15) is 13.2 Å². The van der Waals surface area contributed by atoms with E-state index in [1.54, 1.807) is 6.07 Å². The van der Waals surface area contributed by atoms with Gasteiger partial charge in [-0.15, -0.1) is 5.10 Å². The van der Waals surface area contributed by atoms with Gasteiger partial charge in [0.1, 0.15) is 5.15 Å². The Morgan fingerprint density at radius 3 is 2.57 bits per heavy atom. The molecule has 6 nitrogen and oxygen atoms in total. The highest BCUT2D eigenvalue weighted by atomic mass is 35.5. The van der Waals surface area contributed by atoms with Gasteiger partial charge < -0.3 is 10.4 Å². The zero-order valence-electron chi connectivity index (χ0n) is 14.9. The Balaban J connectivity index is 2.15. The molecule has 0 radical (unpaired) electrons. The molecular formula is C18H16ClF3N4O2. The maximum absolute atomic E-state index is 13.1. The summed E-state index contributed by atoms with van der Waals surface area (Å²) in [7, 11) is 0. The molecule has 0 saturated heterocycles. The molecule has 0 spiro atoms. The standard InChI is InChI=1S/C18H16ClF3N4O2/c1-17(2,28)8-14(27)24-16-15(10-3-4-13(19)23-9-10)12-7-11(18(20,21)22)5-6-26(12)25-16/h3-7,9,28H,8H2,1-2H3,(H,24,25,27). The molecule has 2 N–H and O–H groups in total. The number of nitrogens with zero attached hydrogens (tertiary/aromatic N) is 3. The molecule has 0 aliphatic heterocycles. The van der Waals surface area contributed by atoms with Crippen LogP contribution in [0.15, 0.2) is 36.7 Å². The summed E-state index contributed by atoms with van der Waals surface area (Å²) in [6.45, 7) is 2.94. The number of hydrogen-bond donors (Lipinski definition) is 2. The first kappa shape index (κ1) is 20.1. The number of alkyl halides is 3. The molecule has 0 atom stereocenters. The van der Waals surface area contributed by atoms with E-state index in [1.807, 2.05) is 0 Å². The van der Waals surface area contributed by atoms with Crippen molar-refractivity contribution in [3.63, 3.8) is 0 Å². The van der Waals surface area contributed by atoms with Crippen LogP contribution in [-0.4, -0.2) is 31.2 Å². The van der Waals surface area contributed by atoms with Crippen LogP contribution in [0.2, 0.25) is 5.15 Å². The zero-order chi connectivity index (χ0) is 20.7. The Morgan fingerprint density at radius 1 is 1.29 bits per heavy atom. The predicted octanol–water partition coefficient (Wildman–Crippen LogP) is 4.17. The lowest BCUT2D eigenvalue weighted by atomic mass is 10.0. The molecule has 3 heterocycles. The van der Waals surface area contributed by atoms with Crippen molar-refractivity contribution in [1.29, 1.82) is 0 Å². The van der Waals surface area contributed by atoms with E-state index in [1.165, 1.54) is 30.6 Å². The number of rotatable bonds is 4. The molecular weight excluding hydrogens is 397 g/mol. The molecule has 10 heteroatoms. The molecule has 28 heavy (non-hydrogen) atoms. The summed E-state index contributed by atoms with van der Waals surface area (Å²) >= 11 is 5.79. The molecule has 3 rings (SSSR count). The first-order chi connectivity index (χ1) is 12.9. The Kier molecular flexibility index (Phi) is 5.07. The Morgan fingerprint density at radius 2 is 2.00 bits per heavy atom. The monoisotopic (exact) mass is 412 g/mol. The molecule has 3 aromatic heterocycles. The first-order valence-corrected chi connectivity index (χ1v) is 8.55. The minimum atomic E-state index is -4.54. The summed E-state index contributed by atoms with van der Waals surface area (Å²) in [5.41, 5.74) is -1.28. The average Bonchev–Trinajstić information content (AvgIpc) is 2.89. The summed E-state index contributed by atoms with van der Waals surface area (Å²) in [6, 6.07) is 4.89. The second-order valence-electron chi connectivity index (χ2n) is 6.87. The van der Waals surface area contributed by atoms with Crippen LogP contribution in [0.5, 0.6) is 0 Å². The lowest BCUT2D eigenvalue weighted by Crippen LogP contribution is -2.27. The lowest BCUT2D eigenvalue weighted by Gasteiger charge is -2.16. The van der Waals surface area contributed by atoms with Gasteiger partial charge >= 0.3 is 6.18 Å². The summed E-state index contributed by atoms with van der Waals surface area (Å²) in [5, 5.41) is 16.8. The van der Waals surface area contributed by atoms with Gasteiger partial charge in [0.25, 0.3) is 0 Å². The number of fused-ring (bicyclic) bond motifs is 1. The van der Waals surface area contributed by atoms with Crippen molar-refractivity contribution in [2.24, 2.45) is 0 Å². The van der Waals surface area contributed by atoms with Gasteiger partial charge in [0.2, 0.25) is 5.91 Å². The Labute approximate surface area is 163 Å². The Hall–Kier alpha value is -2.65. The van der Waals surface area contributed by atoms with E-state index in [4.69, 9.17) is 11.6 Å². The van der Waals surface area contributed by atoms with Gasteiger partial charge in [-0.25, -0.2) is 9.50 Å². The summed E-state index contributed by atoms with van der Waals surface area (Å²) in [4.78, 5) is 16.2. The predicted molar refractivity (Wildman–Crippen MR) is 98.0 cm³/mol. The van der Waals surface area contributed by atoms with Gasteiger partial charge in [0.05, 0.1) is 28.7 Å². The van der Waals surface area contributed by atoms with Gasteiger partial charge in [-0.3, -0.25) is 4.79 Å². The van der Waals surface area contributed by atoms with Crippen LogP contribution in [0.3, 0.4) is 0 Å². The topological polar surface area (TPSA) is 79.5 Å². The molecule has 0 bridgehead atoms. The van der Waals surface area contributed by atoms with Crippen molar-refractivity contribution in [3.05, 3.63) is 47.4 Å². The number of carbonyl (C=O) groups is 1. The quantitative estimate of drug-likeness (QED) is 0.630. The second-order valence-corrected chi connectivity index (χ2v) is 7.26. The molecule has 3 aromatic rings. The summed E-state index contributed by atoms with van der Waals surface area (Å²) < 4.78 is 40.7. The third kappa shape index (κ3) is 4.42. The van der Waals surface area contributed by atoms with E-state index >= 15 is 0 Å². The molecule has 0 aliphatic rings. The number of nitrogens with one attached hydrogen (secondary N) is 1. The van der Waals surface area contributed by atoms with Crippen LogP contribution in [0.25, 0.3) is 16.6 Å². The Bertz CT molecular complexity index is 1020. The van der Waals surface area contributed by atoms with E-state index in [0.29, 0.717) is 5.56 Å². The molecule has 1 amide bonds. The van der Waals surface area contributed by atoms with Crippen molar-refractivity contribution < 1.29 is 23.1 Å². The number of anilines is 1. The molecule has 0 saturated carbocycles. The van der Waals surface area contributed by atoms with Crippen LogP contribution >= 0.6 is 11.6 Å². The van der Waals surface area contributed by atoms with Gasteiger partial charge in [-0.1, -0.05) is 11.6 Å². The fourth-order valence-electron chi connectivity index (χ4n) is 2.69. The van der Waals surface area contributed by atoms with Crippen LogP contribution in [0, 0.1) is 0 Å². The smallest absolute Gasteiger partial charge is 0.390 e. The van der Waals surface area contributed by atoms with Crippen molar-refractivity contribution in [3.8, 4) is 11.1 Å². The maximum Gasteiger partial charge on any atom is 0.416 e. The lowest BCUT2D eigenvalue weighted by molar-refractivity contribution is -0.137. The fourth-order valence-corrected chi connectivity index (χ4v) is 2.80. The van der Waals surface area contributed by atoms with E-state index in [-0.39, 0.29) is 28.5 Å². The van der Waals surface area contributed by atoms with Gasteiger partial charge in [0, 0.05) is 18.0 Å². The largest absolute Gasteiger partial charge is 0.416 e. The average molecular weight is 413 g/mol. The minimum Gasteiger partial charge on any atom is -0.390 e. The number of hydrogen-bond acceptors (Lipinski definition) is 4. The molecule has 0 aliphatic carbocycles. The zero-order valence-corrected chi connectivity index (χ0v) is 15.6.